The van der Waals surface area contributed by atoms with Gasteiger partial charge in [-0.25, -0.2) is 4.79 Å². The van der Waals surface area contributed by atoms with Gasteiger partial charge in [0, 0.05) is 0 Å². The molecule has 17 heavy (non-hydrogen) atoms. The Balaban J connectivity index is 4.30. The number of imide groups is 1. The molecular formula is C10H18N2O5. The lowest BCUT2D eigenvalue weighted by atomic mass is 10.0. The van der Waals surface area contributed by atoms with Gasteiger partial charge >= 0.3 is 12.1 Å². The van der Waals surface area contributed by atoms with Crippen molar-refractivity contribution in [2.45, 2.75) is 26.3 Å². The molecule has 0 saturated carbocycles. The standard InChI is InChI=1S/C10H18N2O5/c1-5-17-9(16)11-7(13)6-12(4)10(2,3)8(14)15/h5-6H2,1-4H3,(H,14,15)(H,11,13,16). The highest BCUT2D eigenvalue weighted by Crippen LogP contribution is 2.11. The van der Waals surface area contributed by atoms with Gasteiger partial charge in [-0.1, -0.05) is 0 Å². The summed E-state index contributed by atoms with van der Waals surface area (Å²) in [5.41, 5.74) is -1.19. The third-order valence-corrected chi connectivity index (χ3v) is 2.38. The van der Waals surface area contributed by atoms with Crippen molar-refractivity contribution in [3.63, 3.8) is 0 Å². The van der Waals surface area contributed by atoms with Crippen molar-refractivity contribution < 1.29 is 24.2 Å². The normalized spacial score (nSPS) is 11.1. The van der Waals surface area contributed by atoms with Crippen molar-refractivity contribution in [2.75, 3.05) is 20.2 Å². The number of carboxylic acids is 1. The first-order chi connectivity index (χ1) is 7.71. The molecule has 0 aromatic rings. The molecule has 0 aliphatic heterocycles. The Hall–Kier alpha value is -1.63. The van der Waals surface area contributed by atoms with E-state index < -0.39 is 23.5 Å². The number of carbonyl (C=O) groups excluding carboxylic acids is 2. The summed E-state index contributed by atoms with van der Waals surface area (Å²) in [5.74, 6) is -1.66. The minimum absolute atomic E-state index is 0.162. The lowest BCUT2D eigenvalue weighted by molar-refractivity contribution is -0.149. The molecule has 0 bridgehead atoms. The molecule has 0 unspecified atom stereocenters. The van der Waals surface area contributed by atoms with E-state index in [4.69, 9.17) is 5.11 Å². The summed E-state index contributed by atoms with van der Waals surface area (Å²) in [6, 6.07) is 0. The van der Waals surface area contributed by atoms with Gasteiger partial charge in [0.1, 0.15) is 5.54 Å². The predicted octanol–water partition coefficient (Wildman–Crippen LogP) is 0.0541. The average Bonchev–Trinajstić information content (AvgIpc) is 2.16. The number of carbonyl (C=O) groups is 3. The van der Waals surface area contributed by atoms with Crippen LogP contribution in [0.1, 0.15) is 20.8 Å². The quantitative estimate of drug-likeness (QED) is 0.711. The average molecular weight is 246 g/mol. The first-order valence-electron chi connectivity index (χ1n) is 5.13. The second-order valence-corrected chi connectivity index (χ2v) is 3.99. The molecule has 0 aliphatic rings. The SMILES string of the molecule is CCOC(=O)NC(=O)CN(C)C(C)(C)C(=O)O. The van der Waals surface area contributed by atoms with Gasteiger partial charge in [0.05, 0.1) is 13.2 Å². The molecule has 0 heterocycles. The monoisotopic (exact) mass is 246 g/mol. The molecular weight excluding hydrogens is 228 g/mol. The van der Waals surface area contributed by atoms with E-state index in [9.17, 15) is 14.4 Å². The number of likely N-dealkylation sites (N-methyl/N-ethyl adjacent to an activating group) is 1. The summed E-state index contributed by atoms with van der Waals surface area (Å²) >= 11 is 0. The number of rotatable bonds is 5. The summed E-state index contributed by atoms with van der Waals surface area (Å²) in [6.07, 6.45) is -0.834. The summed E-state index contributed by atoms with van der Waals surface area (Å²) in [5, 5.41) is 10.9. The Kier molecular flexibility index (Phi) is 5.60. The van der Waals surface area contributed by atoms with Gasteiger partial charge in [0.25, 0.3) is 0 Å². The minimum atomic E-state index is -1.19. The van der Waals surface area contributed by atoms with Crippen LogP contribution in [0.15, 0.2) is 0 Å². The van der Waals surface area contributed by atoms with Crippen molar-refractivity contribution in [2.24, 2.45) is 0 Å². The Labute approximate surface area is 99.7 Å². The van der Waals surface area contributed by atoms with Crippen LogP contribution in [0.4, 0.5) is 4.79 Å². The molecule has 0 atom stereocenters. The van der Waals surface area contributed by atoms with Crippen LogP contribution in [0.25, 0.3) is 0 Å². The minimum Gasteiger partial charge on any atom is -0.480 e. The van der Waals surface area contributed by atoms with Crippen molar-refractivity contribution in [1.82, 2.24) is 10.2 Å². The fourth-order valence-electron chi connectivity index (χ4n) is 0.897. The fraction of sp³-hybridized carbons (Fsp3) is 0.700. The topological polar surface area (TPSA) is 95.9 Å². The molecule has 0 aromatic heterocycles. The molecule has 0 fully saturated rings. The van der Waals surface area contributed by atoms with Crippen molar-refractivity contribution in [3.05, 3.63) is 0 Å². The van der Waals surface area contributed by atoms with E-state index in [2.05, 4.69) is 4.74 Å². The highest BCUT2D eigenvalue weighted by Gasteiger charge is 2.33. The van der Waals surface area contributed by atoms with Gasteiger partial charge in [-0.05, 0) is 27.8 Å². The number of aliphatic carboxylic acids is 1. The molecule has 7 heteroatoms. The molecule has 98 valence electrons. The summed E-state index contributed by atoms with van der Waals surface area (Å²) < 4.78 is 4.52. The fourth-order valence-corrected chi connectivity index (χ4v) is 0.897. The van der Waals surface area contributed by atoms with Gasteiger partial charge in [-0.15, -0.1) is 0 Å². The third-order valence-electron chi connectivity index (χ3n) is 2.38. The van der Waals surface area contributed by atoms with Crippen LogP contribution >= 0.6 is 0 Å². The zero-order chi connectivity index (χ0) is 13.6. The number of nitrogens with one attached hydrogen (secondary N) is 1. The Bertz CT molecular complexity index is 314. The second kappa shape index (κ2) is 6.19. The van der Waals surface area contributed by atoms with E-state index in [1.54, 1.807) is 6.92 Å². The smallest absolute Gasteiger partial charge is 0.413 e. The molecule has 0 aliphatic carbocycles. The van der Waals surface area contributed by atoms with E-state index in [1.807, 2.05) is 5.32 Å². The first kappa shape index (κ1) is 15.4. The lowest BCUT2D eigenvalue weighted by Crippen LogP contribution is -2.52. The van der Waals surface area contributed by atoms with E-state index in [-0.39, 0.29) is 13.2 Å². The number of hydrogen-bond donors (Lipinski definition) is 2. The van der Waals surface area contributed by atoms with E-state index in [0.29, 0.717) is 0 Å². The molecule has 0 rings (SSSR count). The number of hydrogen-bond acceptors (Lipinski definition) is 5. The van der Waals surface area contributed by atoms with Crippen LogP contribution in [0.2, 0.25) is 0 Å². The Morgan fingerprint density at radius 1 is 1.35 bits per heavy atom. The molecule has 7 nitrogen and oxygen atoms in total. The van der Waals surface area contributed by atoms with Gasteiger partial charge in [-0.2, -0.15) is 0 Å². The van der Waals surface area contributed by atoms with Crippen LogP contribution in [-0.2, 0) is 14.3 Å². The van der Waals surface area contributed by atoms with Crippen LogP contribution < -0.4 is 5.32 Å². The largest absolute Gasteiger partial charge is 0.480 e. The highest BCUT2D eigenvalue weighted by molar-refractivity contribution is 5.93. The van der Waals surface area contributed by atoms with Crippen molar-refractivity contribution in [1.29, 1.82) is 0 Å². The third kappa shape index (κ3) is 4.81. The second-order valence-electron chi connectivity index (χ2n) is 3.99. The van der Waals surface area contributed by atoms with E-state index in [1.165, 1.54) is 25.8 Å². The summed E-state index contributed by atoms with van der Waals surface area (Å²) in [7, 11) is 1.48. The molecule has 0 saturated heterocycles. The maximum atomic E-state index is 11.4. The molecule has 0 spiro atoms. The number of carboxylic acid groups (broad SMARTS) is 1. The van der Waals surface area contributed by atoms with Crippen LogP contribution in [-0.4, -0.2) is 53.7 Å². The van der Waals surface area contributed by atoms with Gasteiger partial charge < -0.3 is 9.84 Å². The number of alkyl carbamates (subject to hydrolysis) is 1. The molecule has 0 radical (unpaired) electrons. The van der Waals surface area contributed by atoms with Crippen LogP contribution in [0, 0.1) is 0 Å². The van der Waals surface area contributed by atoms with Gasteiger partial charge in [0.2, 0.25) is 5.91 Å². The van der Waals surface area contributed by atoms with Gasteiger partial charge in [-0.3, -0.25) is 19.8 Å². The number of amides is 2. The first-order valence-corrected chi connectivity index (χ1v) is 5.13. The summed E-state index contributed by atoms with van der Waals surface area (Å²) in [6.45, 7) is 4.50. The Morgan fingerprint density at radius 3 is 2.29 bits per heavy atom. The lowest BCUT2D eigenvalue weighted by Gasteiger charge is -2.30. The van der Waals surface area contributed by atoms with Crippen LogP contribution in [0.5, 0.6) is 0 Å². The zero-order valence-corrected chi connectivity index (χ0v) is 10.4. The number of ether oxygens (including phenoxy) is 1. The molecule has 2 N–H and O–H groups in total. The molecule has 0 aromatic carbocycles. The zero-order valence-electron chi connectivity index (χ0n) is 10.4. The van der Waals surface area contributed by atoms with Gasteiger partial charge in [0.15, 0.2) is 0 Å². The maximum absolute atomic E-state index is 11.4. The highest BCUT2D eigenvalue weighted by atomic mass is 16.5. The van der Waals surface area contributed by atoms with E-state index in [0.717, 1.165) is 0 Å². The number of nitrogens with zero attached hydrogens (tertiary/aromatic N) is 1. The van der Waals surface area contributed by atoms with Crippen LogP contribution in [0.3, 0.4) is 0 Å². The maximum Gasteiger partial charge on any atom is 0.413 e. The summed E-state index contributed by atoms with van der Waals surface area (Å²) in [4.78, 5) is 34.5. The predicted molar refractivity (Wildman–Crippen MR) is 59.5 cm³/mol. The Morgan fingerprint density at radius 2 is 1.88 bits per heavy atom. The van der Waals surface area contributed by atoms with Crippen molar-refractivity contribution >= 4 is 18.0 Å². The van der Waals surface area contributed by atoms with Crippen molar-refractivity contribution in [3.8, 4) is 0 Å². The molecule has 2 amide bonds. The van der Waals surface area contributed by atoms with E-state index >= 15 is 0 Å².